The summed E-state index contributed by atoms with van der Waals surface area (Å²) in [5.74, 6) is 0.617. The molecule has 3 aromatic carbocycles. The van der Waals surface area contributed by atoms with Crippen LogP contribution in [0.15, 0.2) is 66.7 Å². The first kappa shape index (κ1) is 26.1. The average molecular weight is 513 g/mol. The van der Waals surface area contributed by atoms with Gasteiger partial charge in [-0.3, -0.25) is 9.59 Å². The lowest BCUT2D eigenvalue weighted by Gasteiger charge is -2.23. The molecule has 0 saturated carbocycles. The largest absolute Gasteiger partial charge is 0.497 e. The summed E-state index contributed by atoms with van der Waals surface area (Å²) in [5, 5.41) is 2.86. The molecule has 0 aromatic heterocycles. The van der Waals surface area contributed by atoms with Crippen molar-refractivity contribution in [3.8, 4) is 11.5 Å². The molecule has 0 saturated heterocycles. The van der Waals surface area contributed by atoms with E-state index >= 15 is 0 Å². The Kier molecular flexibility index (Phi) is 7.71. The Morgan fingerprint density at radius 3 is 2.57 bits per heavy atom. The molecule has 37 heavy (non-hydrogen) atoms. The van der Waals surface area contributed by atoms with Crippen LogP contribution >= 0.6 is 0 Å². The Morgan fingerprint density at radius 2 is 1.84 bits per heavy atom. The van der Waals surface area contributed by atoms with E-state index in [0.29, 0.717) is 34.7 Å². The molecule has 9 heteroatoms. The number of hydrogen-bond donors (Lipinski definition) is 1. The molecule has 3 aromatic rings. The second-order valence-electron chi connectivity index (χ2n) is 8.81. The maximum Gasteiger partial charge on any atom is 0.416 e. The summed E-state index contributed by atoms with van der Waals surface area (Å²) >= 11 is 0. The van der Waals surface area contributed by atoms with Gasteiger partial charge in [0, 0.05) is 24.3 Å². The molecule has 1 aliphatic rings. The van der Waals surface area contributed by atoms with E-state index in [4.69, 9.17) is 9.47 Å². The predicted molar refractivity (Wildman–Crippen MR) is 132 cm³/mol. The van der Waals surface area contributed by atoms with Crippen molar-refractivity contribution in [1.82, 2.24) is 4.90 Å². The van der Waals surface area contributed by atoms with Gasteiger partial charge in [-0.05, 0) is 60.0 Å². The van der Waals surface area contributed by atoms with E-state index in [1.54, 1.807) is 49.6 Å². The predicted octanol–water partition coefficient (Wildman–Crippen LogP) is 5.60. The molecule has 1 aliphatic heterocycles. The van der Waals surface area contributed by atoms with Crippen molar-refractivity contribution in [2.75, 3.05) is 12.4 Å². The number of amides is 2. The van der Waals surface area contributed by atoms with E-state index in [1.807, 2.05) is 13.0 Å². The van der Waals surface area contributed by atoms with E-state index in [9.17, 15) is 22.8 Å². The smallest absolute Gasteiger partial charge is 0.416 e. The lowest BCUT2D eigenvalue weighted by Crippen LogP contribution is -2.38. The van der Waals surface area contributed by atoms with Crippen LogP contribution in [0.4, 0.5) is 18.9 Å². The fraction of sp³-hybridized carbons (Fsp3) is 0.286. The SMILES string of the molecule is CCC1Oc2ccc(NC(=O)Cc3cccc(OC)c3)cc2CN(Cc2cccc(C(F)(F)F)c2)C1=O. The minimum Gasteiger partial charge on any atom is -0.497 e. The second kappa shape index (κ2) is 10.9. The second-order valence-corrected chi connectivity index (χ2v) is 8.81. The third kappa shape index (κ3) is 6.41. The van der Waals surface area contributed by atoms with Crippen LogP contribution in [0.2, 0.25) is 0 Å². The van der Waals surface area contributed by atoms with Crippen molar-refractivity contribution in [1.29, 1.82) is 0 Å². The fourth-order valence-electron chi connectivity index (χ4n) is 4.22. The van der Waals surface area contributed by atoms with Crippen molar-refractivity contribution < 1.29 is 32.2 Å². The van der Waals surface area contributed by atoms with E-state index in [-0.39, 0.29) is 31.3 Å². The molecule has 6 nitrogen and oxygen atoms in total. The molecule has 1 N–H and O–H groups in total. The summed E-state index contributed by atoms with van der Waals surface area (Å²) < 4.78 is 50.7. The van der Waals surface area contributed by atoms with Crippen molar-refractivity contribution in [2.24, 2.45) is 0 Å². The number of carbonyl (C=O) groups excluding carboxylic acids is 2. The van der Waals surface area contributed by atoms with E-state index < -0.39 is 17.8 Å². The molecule has 1 atom stereocenters. The number of alkyl halides is 3. The molecule has 0 bridgehead atoms. The molecule has 194 valence electrons. The Morgan fingerprint density at radius 1 is 1.08 bits per heavy atom. The summed E-state index contributed by atoms with van der Waals surface area (Å²) in [4.78, 5) is 27.3. The molecule has 4 rings (SSSR count). The van der Waals surface area contributed by atoms with Gasteiger partial charge in [-0.25, -0.2) is 0 Å². The highest BCUT2D eigenvalue weighted by Gasteiger charge is 2.32. The lowest BCUT2D eigenvalue weighted by molar-refractivity contribution is -0.139. The first-order valence-electron chi connectivity index (χ1n) is 11.8. The van der Waals surface area contributed by atoms with Gasteiger partial charge in [0.1, 0.15) is 11.5 Å². The van der Waals surface area contributed by atoms with E-state index in [2.05, 4.69) is 5.32 Å². The normalized spacial score (nSPS) is 15.4. The molecule has 0 aliphatic carbocycles. The number of halogens is 3. The van der Waals surface area contributed by atoms with Crippen LogP contribution < -0.4 is 14.8 Å². The van der Waals surface area contributed by atoms with Crippen LogP contribution in [-0.4, -0.2) is 29.9 Å². The Hall–Kier alpha value is -4.01. The van der Waals surface area contributed by atoms with Crippen LogP contribution in [-0.2, 0) is 35.3 Å². The van der Waals surface area contributed by atoms with Crippen molar-refractivity contribution in [2.45, 2.75) is 45.1 Å². The zero-order chi connectivity index (χ0) is 26.6. The Balaban J connectivity index is 1.53. The maximum absolute atomic E-state index is 13.2. The van der Waals surface area contributed by atoms with Crippen molar-refractivity contribution in [3.63, 3.8) is 0 Å². The zero-order valence-corrected chi connectivity index (χ0v) is 20.5. The van der Waals surface area contributed by atoms with Crippen LogP contribution in [0.3, 0.4) is 0 Å². The van der Waals surface area contributed by atoms with Crippen molar-refractivity contribution >= 4 is 17.5 Å². The Bertz CT molecular complexity index is 1290. The number of nitrogens with one attached hydrogen (secondary N) is 1. The summed E-state index contributed by atoms with van der Waals surface area (Å²) in [7, 11) is 1.56. The highest BCUT2D eigenvalue weighted by atomic mass is 19.4. The molecule has 0 fully saturated rings. The van der Waals surface area contributed by atoms with Crippen LogP contribution in [0.5, 0.6) is 11.5 Å². The highest BCUT2D eigenvalue weighted by molar-refractivity contribution is 5.92. The lowest BCUT2D eigenvalue weighted by atomic mass is 10.1. The van der Waals surface area contributed by atoms with E-state index in [0.717, 1.165) is 17.7 Å². The number of fused-ring (bicyclic) bond motifs is 1. The van der Waals surface area contributed by atoms with Gasteiger partial charge < -0.3 is 19.7 Å². The third-order valence-electron chi connectivity index (χ3n) is 6.06. The number of rotatable bonds is 7. The zero-order valence-electron chi connectivity index (χ0n) is 20.5. The van der Waals surface area contributed by atoms with Gasteiger partial charge in [0.2, 0.25) is 5.91 Å². The minimum absolute atomic E-state index is 0.00548. The summed E-state index contributed by atoms with van der Waals surface area (Å²) in [6.07, 6.45) is -4.70. The minimum atomic E-state index is -4.47. The van der Waals surface area contributed by atoms with Crippen LogP contribution in [0, 0.1) is 0 Å². The van der Waals surface area contributed by atoms with Crippen molar-refractivity contribution in [3.05, 3.63) is 89.0 Å². The average Bonchev–Trinajstić information content (AvgIpc) is 2.99. The van der Waals surface area contributed by atoms with Gasteiger partial charge in [0.15, 0.2) is 6.10 Å². The summed E-state index contributed by atoms with van der Waals surface area (Å²) in [6, 6.07) is 17.3. The van der Waals surface area contributed by atoms with Gasteiger partial charge in [0.05, 0.1) is 19.1 Å². The van der Waals surface area contributed by atoms with Crippen LogP contribution in [0.25, 0.3) is 0 Å². The molecule has 2 amide bonds. The first-order chi connectivity index (χ1) is 17.7. The summed E-state index contributed by atoms with van der Waals surface area (Å²) in [5.41, 5.74) is 1.56. The van der Waals surface area contributed by atoms with E-state index in [1.165, 1.54) is 11.0 Å². The number of carbonyl (C=O) groups is 2. The molecule has 0 radical (unpaired) electrons. The fourth-order valence-corrected chi connectivity index (χ4v) is 4.22. The number of hydrogen-bond acceptors (Lipinski definition) is 4. The maximum atomic E-state index is 13.2. The van der Waals surface area contributed by atoms with Gasteiger partial charge in [-0.1, -0.05) is 31.2 Å². The van der Waals surface area contributed by atoms with Gasteiger partial charge in [-0.15, -0.1) is 0 Å². The number of anilines is 1. The monoisotopic (exact) mass is 512 g/mol. The molecule has 1 heterocycles. The topological polar surface area (TPSA) is 67.9 Å². The van der Waals surface area contributed by atoms with Gasteiger partial charge in [-0.2, -0.15) is 13.2 Å². The number of benzene rings is 3. The molecular weight excluding hydrogens is 485 g/mol. The highest BCUT2D eigenvalue weighted by Crippen LogP contribution is 2.32. The molecule has 1 unspecified atom stereocenters. The van der Waals surface area contributed by atoms with Crippen LogP contribution in [0.1, 0.15) is 35.6 Å². The van der Waals surface area contributed by atoms with Gasteiger partial charge in [0.25, 0.3) is 5.91 Å². The molecule has 0 spiro atoms. The van der Waals surface area contributed by atoms with Gasteiger partial charge >= 0.3 is 6.18 Å². The number of nitrogens with zero attached hydrogens (tertiary/aromatic N) is 1. The third-order valence-corrected chi connectivity index (χ3v) is 6.06. The quantitative estimate of drug-likeness (QED) is 0.448. The standard InChI is InChI=1S/C28H27F3N2O4/c1-3-24-27(35)33(16-19-7-4-8-21(12-19)28(29,30)31)17-20-15-22(10-11-25(20)37-24)32-26(34)14-18-6-5-9-23(13-18)36-2/h4-13,15,24H,3,14,16-17H2,1-2H3,(H,32,34). The molecular formula is C28H27F3N2O4. The first-order valence-corrected chi connectivity index (χ1v) is 11.8. The summed E-state index contributed by atoms with van der Waals surface area (Å²) in [6.45, 7) is 1.93. The number of ether oxygens (including phenoxy) is 2. The Labute approximate surface area is 213 Å². The number of methoxy groups -OCH3 is 1.